The highest BCUT2D eigenvalue weighted by Gasteiger charge is 2.11. The van der Waals surface area contributed by atoms with E-state index in [1.54, 1.807) is 30.6 Å². The summed E-state index contributed by atoms with van der Waals surface area (Å²) in [7, 11) is 0. The van der Waals surface area contributed by atoms with Gasteiger partial charge in [0.05, 0.1) is 5.02 Å². The van der Waals surface area contributed by atoms with Gasteiger partial charge in [0.15, 0.2) is 5.78 Å². The third-order valence-electron chi connectivity index (χ3n) is 2.36. The van der Waals surface area contributed by atoms with Gasteiger partial charge in [0.25, 0.3) is 0 Å². The van der Waals surface area contributed by atoms with Gasteiger partial charge in [-0.1, -0.05) is 27.5 Å². The lowest BCUT2D eigenvalue weighted by molar-refractivity contribution is 0.0993. The van der Waals surface area contributed by atoms with Crippen LogP contribution in [0.1, 0.15) is 15.9 Å². The summed E-state index contributed by atoms with van der Waals surface area (Å²) in [6.45, 7) is 0. The van der Waals surface area contributed by atoms with E-state index < -0.39 is 0 Å². The predicted octanol–water partition coefficient (Wildman–Crippen LogP) is 4.69. The molecule has 2 aromatic rings. The van der Waals surface area contributed by atoms with Crippen LogP contribution in [0.4, 0.5) is 0 Å². The predicted molar refractivity (Wildman–Crippen MR) is 79.1 cm³/mol. The van der Waals surface area contributed by atoms with E-state index in [4.69, 9.17) is 11.6 Å². The molecule has 5 heteroatoms. The molecule has 1 heterocycles. The third kappa shape index (κ3) is 3.40. The highest BCUT2D eigenvalue weighted by Crippen LogP contribution is 2.23. The van der Waals surface area contributed by atoms with Gasteiger partial charge in [-0.3, -0.25) is 9.78 Å². The van der Waals surface area contributed by atoms with Crippen LogP contribution in [-0.4, -0.2) is 10.8 Å². The fraction of sp³-hybridized carbons (Fsp3) is 0.0769. The quantitative estimate of drug-likeness (QED) is 0.713. The Labute approximate surface area is 127 Å². The minimum atomic E-state index is -0.0209. The number of ketones is 1. The number of halogens is 3. The van der Waals surface area contributed by atoms with Crippen molar-refractivity contribution in [2.24, 2.45) is 0 Å². The zero-order valence-electron chi connectivity index (χ0n) is 9.16. The Morgan fingerprint density at radius 1 is 1.17 bits per heavy atom. The zero-order chi connectivity index (χ0) is 13.1. The van der Waals surface area contributed by atoms with Crippen molar-refractivity contribution in [3.05, 3.63) is 61.8 Å². The number of carbonyl (C=O) groups is 1. The van der Waals surface area contributed by atoms with Gasteiger partial charge in [0.1, 0.15) is 0 Å². The number of hydrogen-bond acceptors (Lipinski definition) is 2. The third-order valence-corrected chi connectivity index (χ3v) is 3.60. The first kappa shape index (κ1) is 13.7. The molecule has 92 valence electrons. The molecular formula is C13H8Br2ClNO. The maximum Gasteiger partial charge on any atom is 0.168 e. The number of aromatic nitrogens is 1. The highest BCUT2D eigenvalue weighted by molar-refractivity contribution is 9.10. The number of rotatable bonds is 3. The maximum atomic E-state index is 12.1. The van der Waals surface area contributed by atoms with Crippen LogP contribution in [-0.2, 0) is 6.42 Å². The average Bonchev–Trinajstić information content (AvgIpc) is 2.28. The maximum absolute atomic E-state index is 12.1. The zero-order valence-corrected chi connectivity index (χ0v) is 13.1. The van der Waals surface area contributed by atoms with E-state index in [0.29, 0.717) is 10.6 Å². The second-order valence-electron chi connectivity index (χ2n) is 3.74. The van der Waals surface area contributed by atoms with Crippen LogP contribution in [0.15, 0.2) is 45.6 Å². The smallest absolute Gasteiger partial charge is 0.168 e. The Bertz CT molecular complexity index is 601. The molecule has 0 N–H and O–H groups in total. The largest absolute Gasteiger partial charge is 0.294 e. The van der Waals surface area contributed by atoms with E-state index >= 15 is 0 Å². The molecule has 0 spiro atoms. The summed E-state index contributed by atoms with van der Waals surface area (Å²) in [6, 6.07) is 7.12. The first-order valence-electron chi connectivity index (χ1n) is 5.14. The van der Waals surface area contributed by atoms with Crippen molar-refractivity contribution >= 4 is 49.2 Å². The summed E-state index contributed by atoms with van der Waals surface area (Å²) >= 11 is 12.7. The van der Waals surface area contributed by atoms with Crippen LogP contribution in [0, 0.1) is 0 Å². The Balaban J connectivity index is 2.22. The second-order valence-corrected chi connectivity index (χ2v) is 5.97. The first-order chi connectivity index (χ1) is 8.56. The van der Waals surface area contributed by atoms with E-state index in [1.165, 1.54) is 0 Å². The Morgan fingerprint density at radius 3 is 2.61 bits per heavy atom. The Kier molecular flexibility index (Phi) is 4.54. The van der Waals surface area contributed by atoms with Crippen molar-refractivity contribution < 1.29 is 4.79 Å². The summed E-state index contributed by atoms with van der Waals surface area (Å²) in [5, 5.41) is 0.456. The van der Waals surface area contributed by atoms with E-state index in [2.05, 4.69) is 36.8 Å². The summed E-state index contributed by atoms with van der Waals surface area (Å²) < 4.78 is 1.71. The molecule has 0 bridgehead atoms. The molecule has 18 heavy (non-hydrogen) atoms. The van der Waals surface area contributed by atoms with Crippen LogP contribution in [0.3, 0.4) is 0 Å². The lowest BCUT2D eigenvalue weighted by Crippen LogP contribution is -2.04. The molecule has 0 fully saturated rings. The first-order valence-corrected chi connectivity index (χ1v) is 7.10. The lowest BCUT2D eigenvalue weighted by Gasteiger charge is -2.04. The Hall–Kier alpha value is -0.710. The van der Waals surface area contributed by atoms with Gasteiger partial charge in [-0.05, 0) is 45.8 Å². The molecule has 0 amide bonds. The van der Waals surface area contributed by atoms with Crippen LogP contribution in [0.5, 0.6) is 0 Å². The molecule has 0 radical (unpaired) electrons. The molecule has 0 aliphatic rings. The van der Waals surface area contributed by atoms with Crippen molar-refractivity contribution in [1.82, 2.24) is 4.98 Å². The molecule has 1 aromatic heterocycles. The molecule has 0 aliphatic carbocycles. The van der Waals surface area contributed by atoms with E-state index in [9.17, 15) is 4.79 Å². The number of hydrogen-bond donors (Lipinski definition) is 0. The van der Waals surface area contributed by atoms with Gasteiger partial charge in [0, 0.05) is 33.3 Å². The molecule has 2 rings (SSSR count). The standard InChI is InChI=1S/C13H8Br2ClNO/c14-9-1-2-11(12(16)5-9)13(18)4-8-3-10(15)7-17-6-8/h1-3,5-7H,4H2. The topological polar surface area (TPSA) is 30.0 Å². The SMILES string of the molecule is O=C(Cc1cncc(Br)c1)c1ccc(Br)cc1Cl. The normalized spacial score (nSPS) is 10.4. The van der Waals surface area contributed by atoms with E-state index in [1.807, 2.05) is 6.07 Å². The molecular weight excluding hydrogens is 381 g/mol. The van der Waals surface area contributed by atoms with Crippen molar-refractivity contribution in [3.63, 3.8) is 0 Å². The monoisotopic (exact) mass is 387 g/mol. The number of benzene rings is 1. The van der Waals surface area contributed by atoms with Crippen molar-refractivity contribution in [1.29, 1.82) is 0 Å². The van der Waals surface area contributed by atoms with E-state index in [0.717, 1.165) is 14.5 Å². The van der Waals surface area contributed by atoms with Crippen molar-refractivity contribution in [2.45, 2.75) is 6.42 Å². The molecule has 0 atom stereocenters. The number of Topliss-reactive ketones (excluding diaryl/α,β-unsaturated/α-hetero) is 1. The summed E-state index contributed by atoms with van der Waals surface area (Å²) in [5.41, 5.74) is 1.38. The van der Waals surface area contributed by atoms with Crippen LogP contribution in [0.2, 0.25) is 5.02 Å². The molecule has 2 nitrogen and oxygen atoms in total. The molecule has 0 saturated carbocycles. The lowest BCUT2D eigenvalue weighted by atomic mass is 10.0. The van der Waals surface area contributed by atoms with Gasteiger partial charge in [-0.2, -0.15) is 0 Å². The van der Waals surface area contributed by atoms with Gasteiger partial charge >= 0.3 is 0 Å². The highest BCUT2D eigenvalue weighted by atomic mass is 79.9. The number of carbonyl (C=O) groups excluding carboxylic acids is 1. The van der Waals surface area contributed by atoms with Crippen LogP contribution < -0.4 is 0 Å². The van der Waals surface area contributed by atoms with Crippen molar-refractivity contribution in [2.75, 3.05) is 0 Å². The van der Waals surface area contributed by atoms with E-state index in [-0.39, 0.29) is 12.2 Å². The minimum absolute atomic E-state index is 0.0209. The average molecular weight is 389 g/mol. The Morgan fingerprint density at radius 2 is 1.94 bits per heavy atom. The molecule has 0 aliphatic heterocycles. The van der Waals surface area contributed by atoms with Gasteiger partial charge in [-0.15, -0.1) is 0 Å². The fourth-order valence-electron chi connectivity index (χ4n) is 1.55. The number of pyridine rings is 1. The summed E-state index contributed by atoms with van der Waals surface area (Å²) in [4.78, 5) is 16.1. The summed E-state index contributed by atoms with van der Waals surface area (Å²) in [6.07, 6.45) is 3.64. The van der Waals surface area contributed by atoms with Gasteiger partial charge in [-0.25, -0.2) is 0 Å². The number of nitrogens with zero attached hydrogens (tertiary/aromatic N) is 1. The van der Waals surface area contributed by atoms with Crippen LogP contribution >= 0.6 is 43.5 Å². The summed E-state index contributed by atoms with van der Waals surface area (Å²) in [5.74, 6) is -0.0209. The second kappa shape index (κ2) is 5.95. The van der Waals surface area contributed by atoms with Crippen LogP contribution in [0.25, 0.3) is 0 Å². The van der Waals surface area contributed by atoms with Crippen molar-refractivity contribution in [3.8, 4) is 0 Å². The fourth-order valence-corrected chi connectivity index (χ4v) is 2.74. The molecule has 0 unspecified atom stereocenters. The minimum Gasteiger partial charge on any atom is -0.294 e. The molecule has 0 saturated heterocycles. The van der Waals surface area contributed by atoms with Gasteiger partial charge < -0.3 is 0 Å². The van der Waals surface area contributed by atoms with Gasteiger partial charge in [0.2, 0.25) is 0 Å². The molecule has 1 aromatic carbocycles.